The van der Waals surface area contributed by atoms with Crippen molar-refractivity contribution in [3.05, 3.63) is 12.3 Å². The molecule has 0 radical (unpaired) electrons. The Morgan fingerprint density at radius 2 is 2.29 bits per heavy atom. The molecule has 0 heterocycles. The van der Waals surface area contributed by atoms with Gasteiger partial charge in [0.15, 0.2) is 0 Å². The number of rotatable bonds is 2. The minimum absolute atomic E-state index is 1.39. The number of hydrogen-bond acceptors (Lipinski definition) is 1. The highest BCUT2D eigenvalue weighted by atomic mass is 14.8. The van der Waals surface area contributed by atoms with E-state index in [1.807, 2.05) is 13.0 Å². The quantitative estimate of drug-likeness (QED) is 0.365. The van der Waals surface area contributed by atoms with Gasteiger partial charge in [0.25, 0.3) is 0 Å². The summed E-state index contributed by atoms with van der Waals surface area (Å²) in [6.45, 7) is 5.09. The lowest BCUT2D eigenvalue weighted by Crippen LogP contribution is -1.55. The largest absolute Gasteiger partial charge is 0.253 e. The van der Waals surface area contributed by atoms with E-state index < -0.39 is 0 Å². The van der Waals surface area contributed by atoms with E-state index in [9.17, 15) is 0 Å². The molecule has 0 aromatic heterocycles. The van der Waals surface area contributed by atoms with Gasteiger partial charge in [-0.3, -0.25) is 4.99 Å². The minimum Gasteiger partial charge on any atom is -0.253 e. The Balaban J connectivity index is 3.27. The lowest BCUT2D eigenvalue weighted by Gasteiger charge is -1.66. The molecule has 0 fully saturated rings. The van der Waals surface area contributed by atoms with Gasteiger partial charge < -0.3 is 0 Å². The summed E-state index contributed by atoms with van der Waals surface area (Å²) >= 11 is 0. The highest BCUT2D eigenvalue weighted by molar-refractivity contribution is 5.62. The lowest BCUT2D eigenvalue weighted by atomic mass is 10.7. The third kappa shape index (κ3) is 5.08. The summed E-state index contributed by atoms with van der Waals surface area (Å²) in [6, 6.07) is 0. The third-order valence-corrected chi connectivity index (χ3v) is 0.383. The first-order valence-electron chi connectivity index (χ1n) is 2.00. The van der Waals surface area contributed by atoms with E-state index in [1.165, 1.54) is 6.34 Å². The van der Waals surface area contributed by atoms with Crippen molar-refractivity contribution in [3.63, 3.8) is 0 Å². The van der Waals surface area contributed by atoms with Crippen molar-refractivity contribution >= 4 is 13.1 Å². The van der Waals surface area contributed by atoms with Crippen LogP contribution in [0.1, 0.15) is 6.92 Å². The van der Waals surface area contributed by atoms with Gasteiger partial charge in [-0.15, -0.1) is 0 Å². The Kier molecular flexibility index (Phi) is 4.41. The van der Waals surface area contributed by atoms with Crippen LogP contribution in [-0.4, -0.2) is 13.1 Å². The van der Waals surface area contributed by atoms with Gasteiger partial charge >= 0.3 is 0 Å². The van der Waals surface area contributed by atoms with Gasteiger partial charge in [-0.05, 0) is 13.6 Å². The molecule has 0 amide bonds. The molecule has 0 aliphatic rings. The van der Waals surface area contributed by atoms with Crippen molar-refractivity contribution in [1.82, 2.24) is 0 Å². The van der Waals surface area contributed by atoms with Crippen LogP contribution in [0.4, 0.5) is 0 Å². The Bertz CT molecular complexity index is 92.3. The summed E-state index contributed by atoms with van der Waals surface area (Å²) in [5, 5.41) is 0. The van der Waals surface area contributed by atoms with Gasteiger partial charge in [0.05, 0.1) is 0 Å². The van der Waals surface area contributed by atoms with E-state index in [0.717, 1.165) is 0 Å². The molecule has 0 saturated heterocycles. The van der Waals surface area contributed by atoms with Crippen LogP contribution in [0.15, 0.2) is 22.3 Å². The minimum atomic E-state index is 1.39. The van der Waals surface area contributed by atoms with Gasteiger partial charge in [-0.25, -0.2) is 4.99 Å². The summed E-state index contributed by atoms with van der Waals surface area (Å²) in [6.07, 6.45) is 4.86. The number of hydrogen-bond donors (Lipinski definition) is 0. The molecule has 7 heavy (non-hydrogen) atoms. The average molecular weight is 96.1 g/mol. The average Bonchev–Trinajstić information content (AvgIpc) is 1.69. The first-order valence-corrected chi connectivity index (χ1v) is 2.00. The molecule has 0 aliphatic heterocycles. The zero-order chi connectivity index (χ0) is 5.54. The molecule has 0 aromatic rings. The van der Waals surface area contributed by atoms with Gasteiger partial charge in [-0.2, -0.15) is 0 Å². The van der Waals surface area contributed by atoms with Crippen molar-refractivity contribution in [1.29, 1.82) is 0 Å². The lowest BCUT2D eigenvalue weighted by molar-refractivity contribution is 1.52. The molecule has 0 spiro atoms. The second kappa shape index (κ2) is 5.08. The van der Waals surface area contributed by atoms with Crippen LogP contribution in [0.3, 0.4) is 0 Å². The molecule has 0 N–H and O–H groups in total. The van der Waals surface area contributed by atoms with E-state index in [2.05, 4.69) is 16.7 Å². The van der Waals surface area contributed by atoms with Crippen LogP contribution >= 0.6 is 0 Å². The van der Waals surface area contributed by atoms with Gasteiger partial charge in [0, 0.05) is 6.20 Å². The van der Waals surface area contributed by atoms with E-state index in [4.69, 9.17) is 0 Å². The van der Waals surface area contributed by atoms with Crippen molar-refractivity contribution in [2.45, 2.75) is 6.92 Å². The number of allylic oxidation sites excluding steroid dienone is 1. The predicted octanol–water partition coefficient (Wildman–Crippen LogP) is 1.25. The Morgan fingerprint density at radius 3 is 2.71 bits per heavy atom. The summed E-state index contributed by atoms with van der Waals surface area (Å²) in [4.78, 5) is 7.05. The molecule has 0 saturated carbocycles. The zero-order valence-corrected chi connectivity index (χ0v) is 4.33. The molecular formula is C5H8N2. The highest BCUT2D eigenvalue weighted by Crippen LogP contribution is 1.68. The molecule has 0 bridgehead atoms. The van der Waals surface area contributed by atoms with Gasteiger partial charge in [0.2, 0.25) is 0 Å². The van der Waals surface area contributed by atoms with E-state index in [-0.39, 0.29) is 0 Å². The van der Waals surface area contributed by atoms with E-state index in [0.29, 0.717) is 0 Å². The molecule has 0 rings (SSSR count). The standard InChI is InChI=1S/C5H8N2/c1-3-4-7-5-6-2/h3-5H,2H2,1H3/b4-3+,7-5?. The highest BCUT2D eigenvalue weighted by Gasteiger charge is 1.52. The maximum absolute atomic E-state index is 3.67. The fourth-order valence-corrected chi connectivity index (χ4v) is 0.172. The fraction of sp³-hybridized carbons (Fsp3) is 0.200. The van der Waals surface area contributed by atoms with Crippen LogP contribution in [0.2, 0.25) is 0 Å². The van der Waals surface area contributed by atoms with Crippen LogP contribution < -0.4 is 0 Å². The van der Waals surface area contributed by atoms with Crippen LogP contribution in [0.25, 0.3) is 0 Å². The first kappa shape index (κ1) is 6.08. The van der Waals surface area contributed by atoms with Crippen LogP contribution in [0.5, 0.6) is 0 Å². The van der Waals surface area contributed by atoms with Gasteiger partial charge in [0.1, 0.15) is 6.34 Å². The summed E-state index contributed by atoms with van der Waals surface area (Å²) in [7, 11) is 0. The molecule has 0 unspecified atom stereocenters. The second-order valence-corrected chi connectivity index (χ2v) is 0.930. The third-order valence-electron chi connectivity index (χ3n) is 0.383. The van der Waals surface area contributed by atoms with Crippen molar-refractivity contribution in [2.75, 3.05) is 0 Å². The summed E-state index contributed by atoms with van der Waals surface area (Å²) in [5.74, 6) is 0. The zero-order valence-electron chi connectivity index (χ0n) is 4.33. The Labute approximate surface area is 43.3 Å². The normalized spacial score (nSPS) is 11.0. The summed E-state index contributed by atoms with van der Waals surface area (Å²) in [5.41, 5.74) is 0. The Hall–Kier alpha value is -0.920. The van der Waals surface area contributed by atoms with Crippen molar-refractivity contribution in [3.8, 4) is 0 Å². The molecule has 2 heteroatoms. The van der Waals surface area contributed by atoms with E-state index >= 15 is 0 Å². The van der Waals surface area contributed by atoms with Crippen molar-refractivity contribution < 1.29 is 0 Å². The summed E-state index contributed by atoms with van der Waals surface area (Å²) < 4.78 is 0. The monoisotopic (exact) mass is 96.1 g/mol. The maximum Gasteiger partial charge on any atom is 0.114 e. The maximum atomic E-state index is 3.67. The molecule has 0 aliphatic carbocycles. The molecule has 38 valence electrons. The fourth-order valence-electron chi connectivity index (χ4n) is 0.172. The Morgan fingerprint density at radius 1 is 1.57 bits per heavy atom. The van der Waals surface area contributed by atoms with Crippen LogP contribution in [0, 0.1) is 0 Å². The molecular weight excluding hydrogens is 88.1 g/mol. The first-order chi connectivity index (χ1) is 3.41. The van der Waals surface area contributed by atoms with E-state index in [1.54, 1.807) is 6.20 Å². The SMILES string of the molecule is C=NC=N/C=C/C. The molecule has 0 atom stereocenters. The van der Waals surface area contributed by atoms with Crippen LogP contribution in [-0.2, 0) is 0 Å². The second-order valence-electron chi connectivity index (χ2n) is 0.930. The number of nitrogens with zero attached hydrogens (tertiary/aromatic N) is 2. The molecule has 0 aromatic carbocycles. The molecule has 2 nitrogen and oxygen atoms in total. The topological polar surface area (TPSA) is 24.7 Å². The van der Waals surface area contributed by atoms with Gasteiger partial charge in [-0.1, -0.05) is 6.08 Å². The van der Waals surface area contributed by atoms with Crippen molar-refractivity contribution in [2.24, 2.45) is 9.98 Å². The predicted molar refractivity (Wildman–Crippen MR) is 32.9 cm³/mol. The number of aliphatic imine (C=N–C) groups is 2. The smallest absolute Gasteiger partial charge is 0.114 e.